The molecule has 0 spiro atoms. The largest absolute Gasteiger partial charge is 0.497 e. The molecule has 1 aliphatic heterocycles. The summed E-state index contributed by atoms with van der Waals surface area (Å²) >= 11 is 0. The van der Waals surface area contributed by atoms with Crippen molar-refractivity contribution < 1.29 is 23.5 Å². The van der Waals surface area contributed by atoms with Crippen LogP contribution in [0.2, 0.25) is 0 Å². The van der Waals surface area contributed by atoms with E-state index in [2.05, 4.69) is 10.3 Å². The predicted molar refractivity (Wildman–Crippen MR) is 105 cm³/mol. The Kier molecular flexibility index (Phi) is 6.01. The molecule has 1 fully saturated rings. The molecule has 2 aromatic rings. The maximum absolute atomic E-state index is 13.1. The second kappa shape index (κ2) is 8.64. The number of nitrogens with zero attached hydrogens (tertiary/aromatic N) is 2. The molecule has 0 radical (unpaired) electrons. The summed E-state index contributed by atoms with van der Waals surface area (Å²) in [5.41, 5.74) is 1.41. The summed E-state index contributed by atoms with van der Waals surface area (Å²) in [4.78, 5) is 43.1. The van der Waals surface area contributed by atoms with Gasteiger partial charge in [-0.3, -0.25) is 19.9 Å². The molecular weight excluding hydrogens is 377 g/mol. The molecule has 2 aromatic carbocycles. The predicted octanol–water partition coefficient (Wildman–Crippen LogP) is 3.08. The minimum absolute atomic E-state index is 0.191. The molecule has 1 unspecified atom stereocenters. The van der Waals surface area contributed by atoms with Crippen LogP contribution in [-0.2, 0) is 16.1 Å². The van der Waals surface area contributed by atoms with E-state index < -0.39 is 23.8 Å². The fourth-order valence-electron chi connectivity index (χ4n) is 3.03. The van der Waals surface area contributed by atoms with Gasteiger partial charge in [0.2, 0.25) is 5.91 Å². The zero-order chi connectivity index (χ0) is 21.0. The van der Waals surface area contributed by atoms with Gasteiger partial charge in [-0.15, -0.1) is 0 Å². The Balaban J connectivity index is 1.88. The van der Waals surface area contributed by atoms with E-state index in [9.17, 15) is 18.8 Å². The average Bonchev–Trinajstić information content (AvgIpc) is 2.71. The number of anilines is 1. The first-order valence-electron chi connectivity index (χ1n) is 9.05. The molecule has 4 amide bonds. The number of benzene rings is 2. The van der Waals surface area contributed by atoms with Gasteiger partial charge in [0, 0.05) is 5.71 Å². The van der Waals surface area contributed by atoms with Crippen molar-refractivity contribution in [3.8, 4) is 5.75 Å². The number of imide groups is 2. The Bertz CT molecular complexity index is 955. The van der Waals surface area contributed by atoms with Crippen molar-refractivity contribution in [2.45, 2.75) is 19.9 Å². The van der Waals surface area contributed by atoms with Gasteiger partial charge >= 0.3 is 6.03 Å². The molecule has 1 N–H and O–H groups in total. The van der Waals surface area contributed by atoms with Crippen LogP contribution in [0.15, 0.2) is 53.5 Å². The van der Waals surface area contributed by atoms with Gasteiger partial charge in [0.05, 0.1) is 19.3 Å². The van der Waals surface area contributed by atoms with E-state index in [0.29, 0.717) is 23.6 Å². The van der Waals surface area contributed by atoms with Crippen molar-refractivity contribution in [1.82, 2.24) is 5.32 Å². The first-order chi connectivity index (χ1) is 13.9. The zero-order valence-corrected chi connectivity index (χ0v) is 16.0. The molecule has 1 atom stereocenters. The Morgan fingerprint density at radius 2 is 1.76 bits per heavy atom. The van der Waals surface area contributed by atoms with E-state index in [1.807, 2.05) is 0 Å². The van der Waals surface area contributed by atoms with Crippen molar-refractivity contribution >= 4 is 29.2 Å². The third kappa shape index (κ3) is 4.31. The molecule has 1 aliphatic rings. The Morgan fingerprint density at radius 1 is 1.10 bits per heavy atom. The van der Waals surface area contributed by atoms with Gasteiger partial charge in [-0.25, -0.2) is 14.1 Å². The molecule has 150 valence electrons. The number of barbiturate groups is 1. The lowest BCUT2D eigenvalue weighted by Crippen LogP contribution is -2.60. The number of aliphatic imine (C=N–C) groups is 1. The van der Waals surface area contributed by atoms with Crippen LogP contribution in [0.25, 0.3) is 0 Å². The van der Waals surface area contributed by atoms with Gasteiger partial charge in [0.1, 0.15) is 11.6 Å². The third-order valence-electron chi connectivity index (χ3n) is 4.57. The van der Waals surface area contributed by atoms with Gasteiger partial charge < -0.3 is 4.74 Å². The van der Waals surface area contributed by atoms with E-state index in [0.717, 1.165) is 10.5 Å². The Morgan fingerprint density at radius 3 is 2.34 bits per heavy atom. The van der Waals surface area contributed by atoms with Crippen LogP contribution >= 0.6 is 0 Å². The van der Waals surface area contributed by atoms with Crippen LogP contribution in [0, 0.1) is 11.7 Å². The Labute approximate surface area is 167 Å². The van der Waals surface area contributed by atoms with Crippen LogP contribution in [-0.4, -0.2) is 30.7 Å². The molecule has 29 heavy (non-hydrogen) atoms. The van der Waals surface area contributed by atoms with Crippen LogP contribution in [0.4, 0.5) is 14.9 Å². The van der Waals surface area contributed by atoms with E-state index in [-0.39, 0.29) is 12.4 Å². The fourth-order valence-corrected chi connectivity index (χ4v) is 3.03. The number of rotatable bonds is 6. The lowest BCUT2D eigenvalue weighted by Gasteiger charge is -2.30. The summed E-state index contributed by atoms with van der Waals surface area (Å²) in [5, 5.41) is 2.22. The van der Waals surface area contributed by atoms with Crippen LogP contribution in [0.5, 0.6) is 5.75 Å². The zero-order valence-electron chi connectivity index (χ0n) is 16.0. The topological polar surface area (TPSA) is 88.1 Å². The molecule has 0 aliphatic carbocycles. The number of carbonyl (C=O) groups is 3. The molecule has 8 heteroatoms. The third-order valence-corrected chi connectivity index (χ3v) is 4.57. The second-order valence-corrected chi connectivity index (χ2v) is 6.39. The van der Waals surface area contributed by atoms with Crippen LogP contribution < -0.4 is 15.0 Å². The molecule has 1 saturated heterocycles. The lowest BCUT2D eigenvalue weighted by molar-refractivity contribution is -0.131. The van der Waals surface area contributed by atoms with Gasteiger partial charge in [0.15, 0.2) is 5.92 Å². The number of hydrogen-bond acceptors (Lipinski definition) is 5. The quantitative estimate of drug-likeness (QED) is 0.599. The maximum atomic E-state index is 13.1. The number of urea groups is 1. The standard InChI is InChI=1S/C21H20FN3O4/c1-3-17(23-12-13-4-6-14(22)7-5-13)18-19(26)24-21(28)25(20(18)27)15-8-10-16(29-2)11-9-15/h4-11,18H,3,12H2,1-2H3,(H,24,26,28). The highest BCUT2D eigenvalue weighted by Gasteiger charge is 2.43. The first kappa shape index (κ1) is 20.2. The van der Waals surface area contributed by atoms with Crippen LogP contribution in [0.3, 0.4) is 0 Å². The average molecular weight is 397 g/mol. The van der Waals surface area contributed by atoms with Crippen molar-refractivity contribution in [3.05, 3.63) is 59.9 Å². The monoisotopic (exact) mass is 397 g/mol. The highest BCUT2D eigenvalue weighted by Crippen LogP contribution is 2.24. The highest BCUT2D eigenvalue weighted by atomic mass is 19.1. The van der Waals surface area contributed by atoms with Gasteiger partial charge in [-0.05, 0) is 48.4 Å². The number of methoxy groups -OCH3 is 1. The molecule has 7 nitrogen and oxygen atoms in total. The first-order valence-corrected chi connectivity index (χ1v) is 9.05. The maximum Gasteiger partial charge on any atom is 0.335 e. The number of halogens is 1. The molecule has 1 heterocycles. The molecule has 0 bridgehead atoms. The fraction of sp³-hybridized carbons (Fsp3) is 0.238. The van der Waals surface area contributed by atoms with E-state index in [4.69, 9.17) is 4.74 Å². The van der Waals surface area contributed by atoms with Crippen molar-refractivity contribution in [3.63, 3.8) is 0 Å². The van der Waals surface area contributed by atoms with Crippen molar-refractivity contribution in [2.24, 2.45) is 10.9 Å². The number of hydrogen-bond donors (Lipinski definition) is 1. The van der Waals surface area contributed by atoms with Gasteiger partial charge in [0.25, 0.3) is 5.91 Å². The minimum Gasteiger partial charge on any atom is -0.497 e. The SMILES string of the molecule is CCC(=NCc1ccc(F)cc1)C1C(=O)NC(=O)N(c2ccc(OC)cc2)C1=O. The number of nitrogens with one attached hydrogen (secondary N) is 1. The normalized spacial score (nSPS) is 17.3. The minimum atomic E-state index is -1.21. The van der Waals surface area contributed by atoms with Gasteiger partial charge in [-0.2, -0.15) is 0 Å². The summed E-state index contributed by atoms with van der Waals surface area (Å²) in [5.74, 6) is -2.36. The van der Waals surface area contributed by atoms with E-state index >= 15 is 0 Å². The molecular formula is C21H20FN3O4. The molecule has 0 aromatic heterocycles. The smallest absolute Gasteiger partial charge is 0.335 e. The highest BCUT2D eigenvalue weighted by molar-refractivity contribution is 6.35. The lowest BCUT2D eigenvalue weighted by atomic mass is 9.96. The summed E-state index contributed by atoms with van der Waals surface area (Å²) in [6.45, 7) is 1.97. The number of amides is 4. The second-order valence-electron chi connectivity index (χ2n) is 6.39. The van der Waals surface area contributed by atoms with Crippen LogP contribution in [0.1, 0.15) is 18.9 Å². The van der Waals surface area contributed by atoms with E-state index in [1.165, 1.54) is 19.2 Å². The molecule has 0 saturated carbocycles. The Hall–Kier alpha value is -3.55. The molecule has 3 rings (SSSR count). The van der Waals surface area contributed by atoms with Crippen molar-refractivity contribution in [2.75, 3.05) is 12.0 Å². The summed E-state index contributed by atoms with van der Waals surface area (Å²) in [6.07, 6.45) is 0.343. The van der Waals surface area contributed by atoms with Gasteiger partial charge in [-0.1, -0.05) is 19.1 Å². The number of carbonyl (C=O) groups excluding carboxylic acids is 3. The summed E-state index contributed by atoms with van der Waals surface area (Å²) in [6, 6.07) is 11.3. The van der Waals surface area contributed by atoms with E-state index in [1.54, 1.807) is 43.3 Å². The summed E-state index contributed by atoms with van der Waals surface area (Å²) in [7, 11) is 1.51. The number of ether oxygens (including phenoxy) is 1. The summed E-state index contributed by atoms with van der Waals surface area (Å²) < 4.78 is 18.1. The van der Waals surface area contributed by atoms with Crippen molar-refractivity contribution in [1.29, 1.82) is 0 Å².